The number of imidazole rings is 1. The third-order valence-electron chi connectivity index (χ3n) is 9.15. The van der Waals surface area contributed by atoms with E-state index in [4.69, 9.17) is 27.5 Å². The van der Waals surface area contributed by atoms with Gasteiger partial charge in [0.05, 0.1) is 12.9 Å². The van der Waals surface area contributed by atoms with E-state index in [1.165, 1.54) is 10.9 Å². The first-order valence-corrected chi connectivity index (χ1v) is 15.8. The molecule has 0 amide bonds. The van der Waals surface area contributed by atoms with Gasteiger partial charge in [-0.15, -0.1) is 6.42 Å². The quantitative estimate of drug-likeness (QED) is 0.0870. The first-order chi connectivity index (χ1) is 22.9. The van der Waals surface area contributed by atoms with Crippen molar-refractivity contribution in [2.24, 2.45) is 5.92 Å². The lowest BCUT2D eigenvalue weighted by Gasteiger charge is -2.40. The van der Waals surface area contributed by atoms with Crippen LogP contribution in [0, 0.1) is 18.3 Å². The van der Waals surface area contributed by atoms with Crippen molar-refractivity contribution in [3.63, 3.8) is 0 Å². The molecule has 3 aromatic rings. The summed E-state index contributed by atoms with van der Waals surface area (Å²) >= 11 is 6.19. The van der Waals surface area contributed by atoms with Crippen molar-refractivity contribution < 1.29 is 44.6 Å². The largest absolute Gasteiger partial charge is 0.479 e. The average molecular weight is 686 g/mol. The monoisotopic (exact) mass is 685 g/mol. The number of ether oxygens (including phenoxy) is 2. The van der Waals surface area contributed by atoms with E-state index in [9.17, 15) is 35.1 Å². The lowest BCUT2D eigenvalue weighted by atomic mass is 9.91. The predicted octanol–water partition coefficient (Wildman–Crippen LogP) is 0.509. The number of aromatic nitrogens is 4. The summed E-state index contributed by atoms with van der Waals surface area (Å²) in [7, 11) is 1.79. The number of aliphatic carboxylic acids is 2. The number of aliphatic hydroxyl groups excluding tert-OH is 2. The zero-order chi connectivity index (χ0) is 34.4. The van der Waals surface area contributed by atoms with Gasteiger partial charge < -0.3 is 45.2 Å². The number of carboxylic acids is 2. The second kappa shape index (κ2) is 13.1. The lowest BCUT2D eigenvalue weighted by molar-refractivity contribution is -0.191. The van der Waals surface area contributed by atoms with Crippen LogP contribution < -0.4 is 10.2 Å². The van der Waals surface area contributed by atoms with Crippen molar-refractivity contribution >= 4 is 46.2 Å². The molecule has 2 saturated heterocycles. The first kappa shape index (κ1) is 33.8. The number of hydrogen-bond donors (Lipinski definition) is 6. The number of hydrogen-bond acceptors (Lipinski definition) is 13. The van der Waals surface area contributed by atoms with Gasteiger partial charge in [-0.1, -0.05) is 18.1 Å². The number of carboxylic acid groups (broad SMARTS) is 2. The molecule has 48 heavy (non-hydrogen) atoms. The van der Waals surface area contributed by atoms with E-state index in [1.807, 2.05) is 0 Å². The number of carbonyl (C=O) groups is 2. The first-order valence-electron chi connectivity index (χ1n) is 15.4. The summed E-state index contributed by atoms with van der Waals surface area (Å²) in [5.41, 5.74) is -3.79. The van der Waals surface area contributed by atoms with E-state index in [1.54, 1.807) is 41.1 Å². The Morgan fingerprint density at radius 2 is 1.90 bits per heavy atom. The third-order valence-corrected chi connectivity index (χ3v) is 9.32. The van der Waals surface area contributed by atoms with Crippen molar-refractivity contribution in [2.75, 3.05) is 43.5 Å². The van der Waals surface area contributed by atoms with Crippen molar-refractivity contribution in [3.05, 3.63) is 41.4 Å². The second-order valence-corrected chi connectivity index (χ2v) is 12.7. The summed E-state index contributed by atoms with van der Waals surface area (Å²) in [6.45, 7) is 1.16. The SMILES string of the molecule is C#C[C@@]1(O)[C@@H](COC(Cc2ccc(N3CCCN(C)C3O)cc2)(C(=O)O)C(=O)O)O[C@@H](n2cnc3c(NCC4CC4)nc(Cl)nc32)[C@@H]1O. The normalized spacial score (nSPS) is 26.5. The van der Waals surface area contributed by atoms with E-state index < -0.39 is 61.0 Å². The molecule has 3 fully saturated rings. The molecule has 1 saturated carbocycles. The third kappa shape index (κ3) is 6.14. The molecule has 3 aliphatic rings. The molecule has 256 valence electrons. The van der Waals surface area contributed by atoms with Gasteiger partial charge in [0, 0.05) is 31.7 Å². The molecule has 0 spiro atoms. The van der Waals surface area contributed by atoms with Gasteiger partial charge in [-0.25, -0.2) is 14.6 Å². The summed E-state index contributed by atoms with van der Waals surface area (Å²) < 4.78 is 12.8. The number of nitrogens with one attached hydrogen (secondary N) is 1. The minimum absolute atomic E-state index is 0.109. The number of rotatable bonds is 12. The number of nitrogens with zero attached hydrogens (tertiary/aromatic N) is 6. The highest BCUT2D eigenvalue weighted by atomic mass is 35.5. The van der Waals surface area contributed by atoms with Crippen molar-refractivity contribution in [3.8, 4) is 12.3 Å². The minimum atomic E-state index is -2.82. The molecule has 17 heteroatoms. The summed E-state index contributed by atoms with van der Waals surface area (Å²) in [4.78, 5) is 41.4. The Bertz CT molecular complexity index is 1720. The van der Waals surface area contributed by atoms with Gasteiger partial charge in [0.15, 0.2) is 35.2 Å². The maximum Gasteiger partial charge on any atom is 0.348 e. The Morgan fingerprint density at radius 1 is 1.19 bits per heavy atom. The predicted molar refractivity (Wildman–Crippen MR) is 170 cm³/mol. The van der Waals surface area contributed by atoms with Gasteiger partial charge in [-0.2, -0.15) is 9.97 Å². The summed E-state index contributed by atoms with van der Waals surface area (Å²) in [6.07, 6.45) is 3.73. The van der Waals surface area contributed by atoms with Gasteiger partial charge in [0.1, 0.15) is 12.2 Å². The molecule has 2 aliphatic heterocycles. The molecule has 1 aromatic carbocycles. The maximum atomic E-state index is 12.5. The molecule has 0 bridgehead atoms. The summed E-state index contributed by atoms with van der Waals surface area (Å²) in [6, 6.07) is 6.41. The highest BCUT2D eigenvalue weighted by molar-refractivity contribution is 6.28. The molecule has 6 N–H and O–H groups in total. The molecule has 2 aromatic heterocycles. The topological polar surface area (TPSA) is 216 Å². The number of anilines is 2. The van der Waals surface area contributed by atoms with E-state index in [2.05, 4.69) is 26.2 Å². The molecule has 0 radical (unpaired) electrons. The van der Waals surface area contributed by atoms with Gasteiger partial charge in [-0.3, -0.25) is 9.47 Å². The Labute approximate surface area is 279 Å². The number of aliphatic hydroxyl groups is 3. The average Bonchev–Trinajstić information content (AvgIpc) is 3.75. The van der Waals surface area contributed by atoms with Gasteiger partial charge >= 0.3 is 11.9 Å². The fourth-order valence-corrected chi connectivity index (χ4v) is 6.19. The Hall–Kier alpha value is -4.08. The molecule has 4 heterocycles. The highest BCUT2D eigenvalue weighted by Gasteiger charge is 2.58. The Kier molecular flexibility index (Phi) is 9.22. The van der Waals surface area contributed by atoms with Crippen molar-refractivity contribution in [2.45, 2.75) is 61.7 Å². The minimum Gasteiger partial charge on any atom is -0.479 e. The fraction of sp³-hybridized carbons (Fsp3) is 0.516. The van der Waals surface area contributed by atoms with Crippen molar-refractivity contribution in [1.29, 1.82) is 0 Å². The Morgan fingerprint density at radius 3 is 2.54 bits per heavy atom. The number of fused-ring (bicyclic) bond motifs is 1. The van der Waals surface area contributed by atoms with Crippen LogP contribution >= 0.6 is 11.6 Å². The molecular weight excluding hydrogens is 650 g/mol. The van der Waals surface area contributed by atoms with E-state index in [-0.39, 0.29) is 10.9 Å². The van der Waals surface area contributed by atoms with Crippen LogP contribution in [-0.4, -0.2) is 125 Å². The van der Waals surface area contributed by atoms with E-state index in [0.29, 0.717) is 41.6 Å². The maximum absolute atomic E-state index is 12.5. The fourth-order valence-electron chi connectivity index (χ4n) is 6.03. The van der Waals surface area contributed by atoms with Crippen LogP contribution in [0.1, 0.15) is 31.1 Å². The van der Waals surface area contributed by atoms with E-state index in [0.717, 1.165) is 25.8 Å². The number of benzene rings is 1. The van der Waals surface area contributed by atoms with Gasteiger partial charge in [0.25, 0.3) is 5.60 Å². The summed E-state index contributed by atoms with van der Waals surface area (Å²) in [5, 5.41) is 56.5. The number of terminal acetylenes is 1. The lowest BCUT2D eigenvalue weighted by Crippen LogP contribution is -2.55. The van der Waals surface area contributed by atoms with Crippen LogP contribution in [0.15, 0.2) is 30.6 Å². The molecule has 5 atom stereocenters. The van der Waals surface area contributed by atoms with Crippen LogP contribution in [0.4, 0.5) is 11.5 Å². The molecule has 1 unspecified atom stereocenters. The summed E-state index contributed by atoms with van der Waals surface area (Å²) in [5.74, 6) is -0.613. The molecular formula is C31H36ClN7O9. The van der Waals surface area contributed by atoms with Crippen molar-refractivity contribution in [1.82, 2.24) is 24.4 Å². The van der Waals surface area contributed by atoms with Gasteiger partial charge in [-0.05, 0) is 61.5 Å². The Balaban J connectivity index is 1.22. The zero-order valence-electron chi connectivity index (χ0n) is 25.9. The second-order valence-electron chi connectivity index (χ2n) is 12.4. The highest BCUT2D eigenvalue weighted by Crippen LogP contribution is 2.40. The smallest absolute Gasteiger partial charge is 0.348 e. The van der Waals surface area contributed by atoms with Gasteiger partial charge in [0.2, 0.25) is 5.28 Å². The molecule has 1 aliphatic carbocycles. The van der Waals surface area contributed by atoms with E-state index >= 15 is 0 Å². The van der Waals surface area contributed by atoms with Crippen LogP contribution in [0.5, 0.6) is 0 Å². The van der Waals surface area contributed by atoms with Crippen LogP contribution in [0.3, 0.4) is 0 Å². The molecule has 16 nitrogen and oxygen atoms in total. The standard InChI is InChI=1S/C31H36ClN7O9/c1-3-30(46)20(48-25(22(30)40)39-16-34-21-23(33-14-18-5-6-18)35-28(32)36-24(21)39)15-47-31(26(41)42,27(43)44)13-17-7-9-19(10-8-17)38-12-4-11-37(2)29(38)45/h1,7-10,16,18,20,22,25,29,40,45-46H,4-6,11-15H2,2H3,(H,41,42)(H,43,44)(H,33,35,36)/t20-,22+,25-,29?,30-/m1/s1. The van der Waals surface area contributed by atoms with Crippen LogP contribution in [0.25, 0.3) is 11.2 Å². The van der Waals surface area contributed by atoms with Crippen LogP contribution in [-0.2, 0) is 25.5 Å². The van der Waals surface area contributed by atoms with Crippen LogP contribution in [0.2, 0.25) is 5.28 Å². The number of halogens is 1. The zero-order valence-corrected chi connectivity index (χ0v) is 26.7. The molecule has 6 rings (SSSR count).